The molecule has 2 N–H and O–H groups in total. The molecule has 2 amide bonds. The van der Waals surface area contributed by atoms with Crippen LogP contribution in [0, 0.1) is 0 Å². The molecule has 0 bridgehead atoms. The van der Waals surface area contributed by atoms with Crippen LogP contribution in [-0.4, -0.2) is 78.3 Å². The standard InChI is InChI=1S/C38H54F6N2O11S2/c1-3-5-7-9-11-13-23-33(35(47)45-58(49,50)37(39,40)41)56-31-21-17-15-19-29(31)54-27-25-53-26-28-55-30-20-16-18-22-32(30)57-34(24-14-12-10-8-6-4-2)36(48)46-59(51,52)38(42,43)44/h15-22,33-34H,3-14,23-28H2,1-2H3,(H,45,47)(H,46,48). The average Bonchev–Trinajstić information content (AvgIpc) is 3.15. The van der Waals surface area contributed by atoms with Gasteiger partial charge in [-0.25, -0.2) is 9.44 Å². The van der Waals surface area contributed by atoms with Gasteiger partial charge in [0.25, 0.3) is 11.8 Å². The summed E-state index contributed by atoms with van der Waals surface area (Å²) in [4.78, 5) is 25.5. The molecule has 0 fully saturated rings. The fraction of sp³-hybridized carbons (Fsp3) is 0.632. The lowest BCUT2D eigenvalue weighted by Crippen LogP contribution is -2.46. The molecular weight excluding hydrogens is 839 g/mol. The Labute approximate surface area is 341 Å². The smallest absolute Gasteiger partial charge is 0.487 e. The lowest BCUT2D eigenvalue weighted by molar-refractivity contribution is -0.127. The highest BCUT2D eigenvalue weighted by Crippen LogP contribution is 2.31. The normalized spacial score (nSPS) is 13.3. The van der Waals surface area contributed by atoms with E-state index in [1.807, 2.05) is 13.8 Å². The second kappa shape index (κ2) is 25.6. The molecule has 0 aliphatic rings. The Hall–Kier alpha value is -3.98. The van der Waals surface area contributed by atoms with Gasteiger partial charge in [-0.2, -0.15) is 43.2 Å². The van der Waals surface area contributed by atoms with Gasteiger partial charge in [-0.3, -0.25) is 9.59 Å². The van der Waals surface area contributed by atoms with Crippen LogP contribution >= 0.6 is 0 Å². The molecule has 0 saturated carbocycles. The van der Waals surface area contributed by atoms with Crippen molar-refractivity contribution in [3.8, 4) is 23.0 Å². The molecule has 336 valence electrons. The Morgan fingerprint density at radius 2 is 0.847 bits per heavy atom. The summed E-state index contributed by atoms with van der Waals surface area (Å²) < 4.78 is 155. The van der Waals surface area contributed by atoms with E-state index in [1.165, 1.54) is 36.4 Å². The minimum absolute atomic E-state index is 0.0183. The summed E-state index contributed by atoms with van der Waals surface area (Å²) in [6.45, 7) is 3.88. The summed E-state index contributed by atoms with van der Waals surface area (Å²) in [5.74, 6) is -2.82. The minimum Gasteiger partial charge on any atom is -0.487 e. The third-order valence-electron chi connectivity index (χ3n) is 8.51. The van der Waals surface area contributed by atoms with E-state index in [0.717, 1.165) is 60.8 Å². The maximum atomic E-state index is 13.0. The van der Waals surface area contributed by atoms with Gasteiger partial charge in [-0.1, -0.05) is 102 Å². The van der Waals surface area contributed by atoms with E-state index in [0.29, 0.717) is 25.7 Å². The van der Waals surface area contributed by atoms with E-state index in [2.05, 4.69) is 0 Å². The largest absolute Gasteiger partial charge is 0.516 e. The highest BCUT2D eigenvalue weighted by Gasteiger charge is 2.49. The molecule has 0 aliphatic carbocycles. The van der Waals surface area contributed by atoms with Crippen LogP contribution in [0.25, 0.3) is 0 Å². The molecule has 2 atom stereocenters. The highest BCUT2D eigenvalue weighted by atomic mass is 32.2. The zero-order valence-electron chi connectivity index (χ0n) is 33.1. The van der Waals surface area contributed by atoms with E-state index in [4.69, 9.17) is 23.7 Å². The zero-order valence-corrected chi connectivity index (χ0v) is 34.7. The van der Waals surface area contributed by atoms with Crippen molar-refractivity contribution in [3.63, 3.8) is 0 Å². The molecule has 0 saturated heterocycles. The topological polar surface area (TPSA) is 173 Å². The first-order valence-electron chi connectivity index (χ1n) is 19.4. The fourth-order valence-electron chi connectivity index (χ4n) is 5.38. The fourth-order valence-corrected chi connectivity index (χ4v) is 6.41. The molecule has 0 aromatic heterocycles. The minimum atomic E-state index is -5.97. The molecule has 0 radical (unpaired) electrons. The van der Waals surface area contributed by atoms with Gasteiger partial charge in [0.1, 0.15) is 13.2 Å². The van der Waals surface area contributed by atoms with Gasteiger partial charge in [0.15, 0.2) is 35.2 Å². The molecule has 21 heteroatoms. The van der Waals surface area contributed by atoms with Crippen LogP contribution in [0.1, 0.15) is 104 Å². The molecule has 2 rings (SSSR count). The highest BCUT2D eigenvalue weighted by molar-refractivity contribution is 7.91. The summed E-state index contributed by atoms with van der Waals surface area (Å²) in [5.41, 5.74) is -11.4. The van der Waals surface area contributed by atoms with Crippen LogP contribution in [0.4, 0.5) is 26.3 Å². The summed E-state index contributed by atoms with van der Waals surface area (Å²) in [5, 5.41) is 0. The number of hydrogen-bond donors (Lipinski definition) is 2. The SMILES string of the molecule is CCCCCCCCC(Oc1ccccc1OCCOCCOc1ccccc1OC(CCCCCCCC)C(=O)NS(=O)(=O)C(F)(F)F)C(=O)NS(=O)(=O)C(F)(F)F. The van der Waals surface area contributed by atoms with Gasteiger partial charge in [0.05, 0.1) is 13.2 Å². The van der Waals surface area contributed by atoms with Crippen molar-refractivity contribution in [2.45, 2.75) is 127 Å². The van der Waals surface area contributed by atoms with Gasteiger partial charge in [-0.05, 0) is 49.9 Å². The number of sulfonamides is 2. The first kappa shape index (κ1) is 51.2. The number of benzene rings is 2. The van der Waals surface area contributed by atoms with Crippen molar-refractivity contribution in [1.29, 1.82) is 0 Å². The van der Waals surface area contributed by atoms with E-state index in [-0.39, 0.29) is 62.3 Å². The number of ether oxygens (including phenoxy) is 5. The van der Waals surface area contributed by atoms with Crippen molar-refractivity contribution in [2.24, 2.45) is 0 Å². The number of alkyl halides is 6. The molecule has 2 aromatic carbocycles. The Kier molecular flexibility index (Phi) is 22.2. The molecule has 59 heavy (non-hydrogen) atoms. The lowest BCUT2D eigenvalue weighted by Gasteiger charge is -2.21. The number of para-hydroxylation sites is 4. The Morgan fingerprint density at radius 3 is 1.19 bits per heavy atom. The first-order chi connectivity index (χ1) is 27.8. The number of carbonyl (C=O) groups excluding carboxylic acids is 2. The van der Waals surface area contributed by atoms with Crippen LogP contribution < -0.4 is 28.4 Å². The van der Waals surface area contributed by atoms with Crippen LogP contribution in [0.3, 0.4) is 0 Å². The second-order valence-corrected chi connectivity index (χ2v) is 16.7. The van der Waals surface area contributed by atoms with Crippen LogP contribution in [-0.2, 0) is 34.4 Å². The summed E-state index contributed by atoms with van der Waals surface area (Å²) >= 11 is 0. The Morgan fingerprint density at radius 1 is 0.525 bits per heavy atom. The van der Waals surface area contributed by atoms with Gasteiger partial charge in [-0.15, -0.1) is 0 Å². The number of hydrogen-bond acceptors (Lipinski definition) is 11. The third kappa shape index (κ3) is 18.9. The van der Waals surface area contributed by atoms with Gasteiger partial charge in [0.2, 0.25) is 0 Å². The third-order valence-corrected chi connectivity index (χ3v) is 10.7. The average molecular weight is 893 g/mol. The van der Waals surface area contributed by atoms with E-state index >= 15 is 0 Å². The van der Waals surface area contributed by atoms with Crippen molar-refractivity contribution >= 4 is 31.9 Å². The molecule has 0 aliphatic heterocycles. The number of unbranched alkanes of at least 4 members (excludes halogenated alkanes) is 10. The summed E-state index contributed by atoms with van der Waals surface area (Å²) in [6.07, 6.45) is 6.19. The summed E-state index contributed by atoms with van der Waals surface area (Å²) in [6, 6.07) is 11.9. The van der Waals surface area contributed by atoms with Crippen molar-refractivity contribution in [2.75, 3.05) is 26.4 Å². The molecule has 0 heterocycles. The van der Waals surface area contributed by atoms with Crippen LogP contribution in [0.5, 0.6) is 23.0 Å². The number of carbonyl (C=O) groups is 2. The molecule has 2 aromatic rings. The van der Waals surface area contributed by atoms with Gasteiger partial charge < -0.3 is 23.7 Å². The lowest BCUT2D eigenvalue weighted by atomic mass is 10.1. The predicted molar refractivity (Wildman–Crippen MR) is 206 cm³/mol. The van der Waals surface area contributed by atoms with Gasteiger partial charge >= 0.3 is 31.1 Å². The monoisotopic (exact) mass is 892 g/mol. The molecule has 2 unspecified atom stereocenters. The second-order valence-electron chi connectivity index (χ2n) is 13.4. The first-order valence-corrected chi connectivity index (χ1v) is 22.4. The predicted octanol–water partition coefficient (Wildman–Crippen LogP) is 8.09. The van der Waals surface area contributed by atoms with Crippen LogP contribution in [0.2, 0.25) is 0 Å². The van der Waals surface area contributed by atoms with E-state index in [1.54, 1.807) is 12.1 Å². The van der Waals surface area contributed by atoms with Crippen molar-refractivity contribution in [3.05, 3.63) is 48.5 Å². The molecule has 13 nitrogen and oxygen atoms in total. The number of rotatable bonds is 30. The van der Waals surface area contributed by atoms with Crippen molar-refractivity contribution in [1.82, 2.24) is 9.44 Å². The number of halogens is 6. The van der Waals surface area contributed by atoms with E-state index < -0.39 is 55.1 Å². The maximum Gasteiger partial charge on any atom is 0.516 e. The van der Waals surface area contributed by atoms with Crippen LogP contribution in [0.15, 0.2) is 48.5 Å². The van der Waals surface area contributed by atoms with E-state index in [9.17, 15) is 52.8 Å². The Bertz CT molecular complexity index is 1650. The summed E-state index contributed by atoms with van der Waals surface area (Å²) in [7, 11) is -11.9. The number of nitrogens with one attached hydrogen (secondary N) is 2. The zero-order chi connectivity index (χ0) is 44.0. The number of amides is 2. The van der Waals surface area contributed by atoms with Gasteiger partial charge in [0, 0.05) is 0 Å². The molecular formula is C38H54F6N2O11S2. The molecule has 0 spiro atoms. The quantitative estimate of drug-likeness (QED) is 0.0574. The Balaban J connectivity index is 1.99. The maximum absolute atomic E-state index is 13.0. The van der Waals surface area contributed by atoms with Crippen molar-refractivity contribution < 1.29 is 76.5 Å².